The average molecular weight is 539 g/mol. The molecule has 4 aromatic carbocycles. The molecule has 0 bridgehead atoms. The molecular formula is C29H16F6N2S. The Morgan fingerprint density at radius 1 is 0.632 bits per heavy atom. The summed E-state index contributed by atoms with van der Waals surface area (Å²) in [7, 11) is 0. The normalized spacial score (nSPS) is 12.6. The fourth-order valence-corrected chi connectivity index (χ4v) is 5.92. The van der Waals surface area contributed by atoms with E-state index in [4.69, 9.17) is 0 Å². The van der Waals surface area contributed by atoms with E-state index in [9.17, 15) is 26.3 Å². The molecule has 0 saturated heterocycles. The molecule has 0 N–H and O–H groups in total. The third-order valence-electron chi connectivity index (χ3n) is 6.50. The Labute approximate surface area is 216 Å². The molecule has 0 aliphatic rings. The number of halogens is 6. The number of benzene rings is 4. The van der Waals surface area contributed by atoms with Crippen molar-refractivity contribution in [1.29, 1.82) is 0 Å². The van der Waals surface area contributed by atoms with Crippen LogP contribution in [0, 0.1) is 6.92 Å². The van der Waals surface area contributed by atoms with Crippen molar-refractivity contribution in [2.45, 2.75) is 19.3 Å². The number of thiophene rings is 1. The lowest BCUT2D eigenvalue weighted by Gasteiger charge is -2.19. The highest BCUT2D eigenvalue weighted by Gasteiger charge is 2.44. The van der Waals surface area contributed by atoms with Gasteiger partial charge in [-0.1, -0.05) is 42.5 Å². The highest BCUT2D eigenvalue weighted by Crippen LogP contribution is 2.45. The summed E-state index contributed by atoms with van der Waals surface area (Å²) in [5.74, 6) is 0. The number of aromatic nitrogens is 2. The van der Waals surface area contributed by atoms with E-state index in [-0.39, 0.29) is 11.3 Å². The Bertz CT molecular complexity index is 1830. The highest BCUT2D eigenvalue weighted by molar-refractivity contribution is 7.22. The quantitative estimate of drug-likeness (QED) is 0.162. The van der Waals surface area contributed by atoms with Crippen molar-refractivity contribution < 1.29 is 26.3 Å². The fourth-order valence-electron chi connectivity index (χ4n) is 4.86. The molecule has 0 spiro atoms. The minimum atomic E-state index is -5.21. The van der Waals surface area contributed by atoms with Gasteiger partial charge >= 0.3 is 12.4 Å². The van der Waals surface area contributed by atoms with E-state index in [0.717, 1.165) is 38.7 Å². The summed E-state index contributed by atoms with van der Waals surface area (Å²) in [4.78, 5) is 0.824. The molecule has 0 aliphatic heterocycles. The molecule has 0 atom stereocenters. The molecule has 38 heavy (non-hydrogen) atoms. The molecule has 9 heteroatoms. The van der Waals surface area contributed by atoms with E-state index in [1.165, 1.54) is 11.3 Å². The molecular weight excluding hydrogens is 522 g/mol. The second-order valence-corrected chi connectivity index (χ2v) is 10.1. The first-order valence-corrected chi connectivity index (χ1v) is 12.3. The van der Waals surface area contributed by atoms with E-state index in [1.807, 2.05) is 60.7 Å². The van der Waals surface area contributed by atoms with Crippen molar-refractivity contribution in [2.24, 2.45) is 0 Å². The number of hydrogen-bond acceptors (Lipinski definition) is 3. The van der Waals surface area contributed by atoms with Crippen molar-refractivity contribution in [1.82, 2.24) is 10.2 Å². The predicted molar refractivity (Wildman–Crippen MR) is 138 cm³/mol. The number of alkyl halides is 6. The van der Waals surface area contributed by atoms with Crippen LogP contribution in [0.25, 0.3) is 53.5 Å². The fraction of sp³-hybridized carbons (Fsp3) is 0.103. The summed E-state index contributed by atoms with van der Waals surface area (Å²) >= 11 is 1.51. The zero-order chi connectivity index (χ0) is 26.8. The second kappa shape index (κ2) is 8.52. The lowest BCUT2D eigenvalue weighted by Crippen LogP contribution is -2.18. The first-order chi connectivity index (χ1) is 18.0. The Hall–Kier alpha value is -3.98. The van der Waals surface area contributed by atoms with Crippen LogP contribution in [-0.4, -0.2) is 10.2 Å². The van der Waals surface area contributed by atoms with Crippen LogP contribution in [0.1, 0.15) is 16.7 Å². The van der Waals surface area contributed by atoms with Crippen molar-refractivity contribution in [3.63, 3.8) is 0 Å². The molecule has 0 amide bonds. The van der Waals surface area contributed by atoms with Gasteiger partial charge in [0.05, 0.1) is 16.0 Å². The van der Waals surface area contributed by atoms with Gasteiger partial charge in [0.2, 0.25) is 0 Å². The average Bonchev–Trinajstić information content (AvgIpc) is 3.29. The Kier molecular flexibility index (Phi) is 5.47. The Morgan fingerprint density at radius 3 is 1.82 bits per heavy atom. The maximum Gasteiger partial charge on any atom is 0.417 e. The summed E-state index contributed by atoms with van der Waals surface area (Å²) in [5, 5.41) is 12.6. The summed E-state index contributed by atoms with van der Waals surface area (Å²) < 4.78 is 83.3. The monoisotopic (exact) mass is 538 g/mol. The van der Waals surface area contributed by atoms with Crippen LogP contribution in [0.4, 0.5) is 26.3 Å². The van der Waals surface area contributed by atoms with Gasteiger partial charge in [0.1, 0.15) is 11.4 Å². The first kappa shape index (κ1) is 24.4. The van der Waals surface area contributed by atoms with Gasteiger partial charge in [-0.3, -0.25) is 0 Å². The first-order valence-electron chi connectivity index (χ1n) is 11.5. The van der Waals surface area contributed by atoms with Gasteiger partial charge < -0.3 is 0 Å². The maximum atomic E-state index is 13.8. The van der Waals surface area contributed by atoms with Gasteiger partial charge in [0.15, 0.2) is 0 Å². The van der Waals surface area contributed by atoms with Gasteiger partial charge in [-0.25, -0.2) is 0 Å². The molecule has 6 aromatic rings. The van der Waals surface area contributed by atoms with E-state index >= 15 is 0 Å². The summed E-state index contributed by atoms with van der Waals surface area (Å²) in [6, 6.07) is 22.5. The van der Waals surface area contributed by atoms with Gasteiger partial charge in [0.25, 0.3) is 0 Å². The number of fused-ring (bicyclic) bond motifs is 3. The van der Waals surface area contributed by atoms with Gasteiger partial charge in [-0.05, 0) is 65.0 Å². The van der Waals surface area contributed by atoms with E-state index < -0.39 is 29.0 Å². The molecule has 2 heterocycles. The highest BCUT2D eigenvalue weighted by atomic mass is 32.1. The van der Waals surface area contributed by atoms with E-state index in [1.54, 1.807) is 6.07 Å². The Balaban J connectivity index is 1.67. The largest absolute Gasteiger partial charge is 0.417 e. The lowest BCUT2D eigenvalue weighted by molar-refractivity contribution is -0.162. The van der Waals surface area contributed by atoms with Crippen molar-refractivity contribution >= 4 is 43.0 Å². The molecule has 190 valence electrons. The zero-order valence-electron chi connectivity index (χ0n) is 19.6. The van der Waals surface area contributed by atoms with Crippen LogP contribution < -0.4 is 0 Å². The van der Waals surface area contributed by atoms with Crippen molar-refractivity contribution in [3.05, 3.63) is 95.6 Å². The lowest BCUT2D eigenvalue weighted by atomic mass is 9.93. The molecule has 2 nitrogen and oxygen atoms in total. The smallest absolute Gasteiger partial charge is 0.166 e. The zero-order valence-corrected chi connectivity index (χ0v) is 20.4. The minimum absolute atomic E-state index is 0.0814. The molecule has 6 rings (SSSR count). The number of aryl methyl sites for hydroxylation is 1. The van der Waals surface area contributed by atoms with Crippen LogP contribution in [0.3, 0.4) is 0 Å². The third-order valence-corrected chi connectivity index (χ3v) is 7.63. The molecule has 0 aliphatic carbocycles. The van der Waals surface area contributed by atoms with Gasteiger partial charge in [0, 0.05) is 21.0 Å². The summed E-state index contributed by atoms with van der Waals surface area (Å²) in [5.41, 5.74) is -3.43. The minimum Gasteiger partial charge on any atom is -0.166 e. The van der Waals surface area contributed by atoms with Crippen molar-refractivity contribution in [2.75, 3.05) is 0 Å². The van der Waals surface area contributed by atoms with Gasteiger partial charge in [-0.15, -0.1) is 21.5 Å². The van der Waals surface area contributed by atoms with Crippen molar-refractivity contribution in [3.8, 4) is 21.8 Å². The molecule has 2 aromatic heterocycles. The summed E-state index contributed by atoms with van der Waals surface area (Å²) in [6.45, 7) is 1.03. The van der Waals surface area contributed by atoms with E-state index in [2.05, 4.69) is 10.2 Å². The number of hydrogen-bond donors (Lipinski definition) is 0. The molecule has 0 radical (unpaired) electrons. The van der Waals surface area contributed by atoms with Gasteiger partial charge in [-0.2, -0.15) is 26.3 Å². The second-order valence-electron chi connectivity index (χ2n) is 9.00. The third kappa shape index (κ3) is 4.07. The van der Waals surface area contributed by atoms with Crippen LogP contribution in [0.15, 0.2) is 78.9 Å². The number of rotatable bonds is 2. The summed E-state index contributed by atoms with van der Waals surface area (Å²) in [6.07, 6.45) is -10.4. The molecule has 0 unspecified atom stereocenters. The van der Waals surface area contributed by atoms with Crippen LogP contribution >= 0.6 is 11.3 Å². The van der Waals surface area contributed by atoms with Crippen LogP contribution in [-0.2, 0) is 12.4 Å². The standard InChI is InChI=1S/C29H16F6N2S/c1-15-10-19(13-22(28(30,31)32)25(15)29(33,34)35)26-20-11-16-6-2-3-7-17(16)12-21(20)27(37-36-26)24-14-18-8-4-5-9-23(18)38-24/h2-14H,1H3. The van der Waals surface area contributed by atoms with Crippen LogP contribution in [0.2, 0.25) is 0 Å². The van der Waals surface area contributed by atoms with E-state index in [0.29, 0.717) is 22.5 Å². The maximum absolute atomic E-state index is 13.8. The van der Waals surface area contributed by atoms with Crippen LogP contribution in [0.5, 0.6) is 0 Å². The predicted octanol–water partition coefficient (Wildman–Crippen LogP) is 9.68. The SMILES string of the molecule is Cc1cc(-c2nnc(-c3cc4ccccc4s3)c3cc4ccccc4cc23)cc(C(F)(F)F)c1C(F)(F)F. The topological polar surface area (TPSA) is 25.8 Å². The molecule has 0 fully saturated rings. The molecule has 0 saturated carbocycles. The Morgan fingerprint density at radius 2 is 1.21 bits per heavy atom. The number of nitrogens with zero attached hydrogens (tertiary/aromatic N) is 2.